The smallest absolute Gasteiger partial charge is 0.116 e. The maximum atomic E-state index is 3.46. The molecule has 0 atom stereocenters. The van der Waals surface area contributed by atoms with E-state index in [1.807, 2.05) is 0 Å². The molecule has 2 rings (SSSR count). The molecule has 0 aliphatic carbocycles. The van der Waals surface area contributed by atoms with Crippen LogP contribution in [0.15, 0.2) is 28.7 Å². The molecule has 1 N–H and O–H groups in total. The van der Waals surface area contributed by atoms with Gasteiger partial charge >= 0.3 is 0 Å². The molecule has 1 nitrogen and oxygen atoms in total. The first-order chi connectivity index (χ1) is 8.36. The van der Waals surface area contributed by atoms with Crippen LogP contribution >= 0.6 is 61.7 Å². The molecule has 1 aliphatic heterocycles. The van der Waals surface area contributed by atoms with E-state index in [4.69, 9.17) is 0 Å². The average Bonchev–Trinajstić information content (AvgIpc) is 2.29. The van der Waals surface area contributed by atoms with Gasteiger partial charge < -0.3 is 5.32 Å². The second kappa shape index (κ2) is 10.1. The summed E-state index contributed by atoms with van der Waals surface area (Å²) in [5.74, 6) is 0.773. The van der Waals surface area contributed by atoms with E-state index in [1.165, 1.54) is 36.0 Å². The third kappa shape index (κ3) is 10.7. The summed E-state index contributed by atoms with van der Waals surface area (Å²) in [4.78, 5) is 0. The summed E-state index contributed by atoms with van der Waals surface area (Å²) < 4.78 is 1.17. The summed E-state index contributed by atoms with van der Waals surface area (Å²) in [6, 6.07) is 8.74. The van der Waals surface area contributed by atoms with Crippen molar-refractivity contribution in [3.63, 3.8) is 0 Å². The van der Waals surface area contributed by atoms with E-state index >= 15 is 0 Å². The zero-order valence-electron chi connectivity index (χ0n) is 11.9. The highest BCUT2D eigenvalue weighted by Crippen LogP contribution is 2.25. The molecule has 0 spiro atoms. The van der Waals surface area contributed by atoms with Gasteiger partial charge in [0, 0.05) is 4.47 Å². The fraction of sp³-hybridized carbons (Fsp3) is 0.571. The van der Waals surface area contributed by atoms with Crippen molar-refractivity contribution in [2.75, 3.05) is 13.1 Å². The Balaban J connectivity index is 0.000000471. The van der Waals surface area contributed by atoms with Crippen molar-refractivity contribution in [2.45, 2.75) is 38.4 Å². The molecule has 1 aromatic carbocycles. The Morgan fingerprint density at radius 3 is 1.95 bits per heavy atom. The van der Waals surface area contributed by atoms with Crippen molar-refractivity contribution in [3.05, 3.63) is 34.3 Å². The van der Waals surface area contributed by atoms with Crippen LogP contribution in [0.1, 0.15) is 24.3 Å². The highest BCUT2D eigenvalue weighted by molar-refractivity contribution is 14.1. The molecule has 0 amide bonds. The van der Waals surface area contributed by atoms with Crippen molar-refractivity contribution in [3.8, 4) is 0 Å². The third-order valence-corrected chi connectivity index (χ3v) is 3.21. The molecular formula is C14H24BrI2NSi. The van der Waals surface area contributed by atoms with E-state index < -0.39 is 5.57 Å². The van der Waals surface area contributed by atoms with Crippen molar-refractivity contribution < 1.29 is 0 Å². The van der Waals surface area contributed by atoms with Gasteiger partial charge in [0.15, 0.2) is 0 Å². The van der Waals surface area contributed by atoms with E-state index in [1.54, 1.807) is 0 Å². The fourth-order valence-electron chi connectivity index (χ4n) is 1.89. The minimum absolute atomic E-state index is 0. The average molecular weight is 568 g/mol. The molecule has 1 heterocycles. The predicted molar refractivity (Wildman–Crippen MR) is 112 cm³/mol. The molecule has 0 saturated carbocycles. The Bertz CT molecular complexity index is 339. The van der Waals surface area contributed by atoms with Crippen molar-refractivity contribution >= 4 is 67.3 Å². The minimum Gasteiger partial charge on any atom is -0.317 e. The molecule has 19 heavy (non-hydrogen) atoms. The first-order valence-electron chi connectivity index (χ1n) is 6.51. The van der Waals surface area contributed by atoms with Gasteiger partial charge in [0.2, 0.25) is 0 Å². The molecule has 110 valence electrons. The van der Waals surface area contributed by atoms with Crippen LogP contribution in [-0.4, -0.2) is 18.7 Å². The van der Waals surface area contributed by atoms with Crippen molar-refractivity contribution in [1.29, 1.82) is 0 Å². The van der Waals surface area contributed by atoms with E-state index in [2.05, 4.69) is 87.0 Å². The predicted octanol–water partition coefficient (Wildman–Crippen LogP) is 5.79. The van der Waals surface area contributed by atoms with Crippen LogP contribution in [0.25, 0.3) is 0 Å². The maximum absolute atomic E-state index is 3.46. The summed E-state index contributed by atoms with van der Waals surface area (Å²) in [6.07, 6.45) is 2.56. The van der Waals surface area contributed by atoms with Crippen LogP contribution in [0.3, 0.4) is 0 Å². The lowest BCUT2D eigenvalue weighted by atomic mass is 9.90. The number of piperidine rings is 1. The molecule has 1 aromatic rings. The van der Waals surface area contributed by atoms with E-state index in [0.29, 0.717) is 0 Å². The number of nitrogens with one attached hydrogen (secondary N) is 1. The number of hydrogen-bond donors (Lipinski definition) is 1. The van der Waals surface area contributed by atoms with E-state index in [9.17, 15) is 0 Å². The van der Waals surface area contributed by atoms with Crippen LogP contribution in [0, 0.1) is 0 Å². The lowest BCUT2D eigenvalue weighted by molar-refractivity contribution is 0.460. The summed E-state index contributed by atoms with van der Waals surface area (Å²) in [7, 11) is 0. The highest BCUT2D eigenvalue weighted by Gasteiger charge is 2.14. The van der Waals surface area contributed by atoms with E-state index in [-0.39, 0.29) is 24.0 Å². The lowest BCUT2D eigenvalue weighted by Crippen LogP contribution is -2.26. The van der Waals surface area contributed by atoms with Gasteiger partial charge in [0.25, 0.3) is 0 Å². The van der Waals surface area contributed by atoms with Crippen LogP contribution in [0.5, 0.6) is 0 Å². The molecule has 0 aromatic heterocycles. The number of rotatable bonds is 1. The Morgan fingerprint density at radius 1 is 1.11 bits per heavy atom. The molecule has 1 fully saturated rings. The Hall–Kier alpha value is 1.34. The Kier molecular flexibility index (Phi) is 10.8. The summed E-state index contributed by atoms with van der Waals surface area (Å²) in [5, 5.41) is 3.39. The molecule has 0 unspecified atom stereocenters. The van der Waals surface area contributed by atoms with E-state index in [0.717, 1.165) is 5.92 Å². The standard InChI is InChI=1S/C11H14BrN.C3H9ISi.HI/c12-11-3-1-9(2-4-11)10-5-7-13-8-6-10;1-5(2,3)4;/h1-4,10,13H,5-8H2;1-3H3;1H. The normalized spacial score (nSPS) is 16.1. The number of halogens is 3. The second-order valence-corrected chi connectivity index (χ2v) is 20.4. The Labute approximate surface area is 157 Å². The first-order valence-corrected chi connectivity index (χ1v) is 13.9. The van der Waals surface area contributed by atoms with Gasteiger partial charge in [-0.25, -0.2) is 0 Å². The number of hydrogen-bond acceptors (Lipinski definition) is 1. The van der Waals surface area contributed by atoms with Gasteiger partial charge in [-0.15, -0.1) is 45.8 Å². The molecule has 1 aliphatic rings. The molecule has 0 radical (unpaired) electrons. The van der Waals surface area contributed by atoms with Crippen LogP contribution in [-0.2, 0) is 0 Å². The topological polar surface area (TPSA) is 12.0 Å². The lowest BCUT2D eigenvalue weighted by Gasteiger charge is -2.22. The first kappa shape index (κ1) is 20.3. The fourth-order valence-corrected chi connectivity index (χ4v) is 2.15. The maximum Gasteiger partial charge on any atom is 0.116 e. The van der Waals surface area contributed by atoms with Crippen LogP contribution < -0.4 is 5.32 Å². The second-order valence-electron chi connectivity index (χ2n) is 5.64. The van der Waals surface area contributed by atoms with Gasteiger partial charge in [-0.05, 0) is 49.5 Å². The summed E-state index contributed by atoms with van der Waals surface area (Å²) in [5.41, 5.74) is 0.849. The zero-order chi connectivity index (χ0) is 13.6. The van der Waals surface area contributed by atoms with Crippen molar-refractivity contribution in [1.82, 2.24) is 5.32 Å². The summed E-state index contributed by atoms with van der Waals surface area (Å²) in [6.45, 7) is 9.27. The monoisotopic (exact) mass is 567 g/mol. The Morgan fingerprint density at radius 2 is 1.53 bits per heavy atom. The zero-order valence-corrected chi connectivity index (χ0v) is 19.0. The highest BCUT2D eigenvalue weighted by atomic mass is 127. The molecule has 5 heteroatoms. The van der Waals surface area contributed by atoms with Crippen LogP contribution in [0.2, 0.25) is 19.6 Å². The quantitative estimate of drug-likeness (QED) is 0.257. The van der Waals surface area contributed by atoms with Gasteiger partial charge in [-0.3, -0.25) is 0 Å². The van der Waals surface area contributed by atoms with Crippen LogP contribution in [0.4, 0.5) is 0 Å². The largest absolute Gasteiger partial charge is 0.317 e. The van der Waals surface area contributed by atoms with Gasteiger partial charge in [0.05, 0.1) is 0 Å². The summed E-state index contributed by atoms with van der Waals surface area (Å²) >= 11 is 5.97. The molecule has 1 saturated heterocycles. The third-order valence-electron chi connectivity index (χ3n) is 2.68. The van der Waals surface area contributed by atoms with Gasteiger partial charge in [0.1, 0.15) is 5.57 Å². The van der Waals surface area contributed by atoms with Gasteiger partial charge in [-0.1, -0.05) is 47.7 Å². The number of benzene rings is 1. The SMILES string of the molecule is Brc1ccc(C2CCNCC2)cc1.C[Si](C)(C)I.I. The molecule has 0 bridgehead atoms. The van der Waals surface area contributed by atoms with Gasteiger partial charge in [-0.2, -0.15) is 0 Å². The molecular weight excluding hydrogens is 544 g/mol. The van der Waals surface area contributed by atoms with Crippen molar-refractivity contribution in [2.24, 2.45) is 0 Å². The minimum atomic E-state index is -0.641.